The topological polar surface area (TPSA) is 73.8 Å². The lowest BCUT2D eigenvalue weighted by atomic mass is 10.0. The Bertz CT molecular complexity index is 1260. The predicted molar refractivity (Wildman–Crippen MR) is 131 cm³/mol. The first-order valence-corrected chi connectivity index (χ1v) is 11.3. The Morgan fingerprint density at radius 3 is 2.49 bits per heavy atom. The number of carbonyl (C=O) groups is 2. The number of para-hydroxylation sites is 1. The van der Waals surface area contributed by atoms with Gasteiger partial charge in [-0.1, -0.05) is 54.6 Å². The van der Waals surface area contributed by atoms with Gasteiger partial charge in [0.25, 0.3) is 0 Å². The first-order chi connectivity index (χ1) is 16.8. The highest BCUT2D eigenvalue weighted by Crippen LogP contribution is 2.26. The molecule has 1 aliphatic heterocycles. The molecule has 2 atom stereocenters. The predicted octanol–water partition coefficient (Wildman–Crippen LogP) is 3.44. The number of carbonyl (C=O) groups excluding carboxylic acids is 2. The van der Waals surface area contributed by atoms with Crippen molar-refractivity contribution in [3.05, 3.63) is 101 Å². The third-order valence-electron chi connectivity index (χ3n) is 5.78. The second kappa shape index (κ2) is 10.5. The molecule has 1 unspecified atom stereocenters. The lowest BCUT2D eigenvalue weighted by molar-refractivity contribution is -0.128. The molecule has 0 bridgehead atoms. The molecule has 8 heteroatoms. The molecule has 2 N–H and O–H groups in total. The monoisotopic (exact) mass is 476 g/mol. The molecule has 0 saturated heterocycles. The van der Waals surface area contributed by atoms with Gasteiger partial charge in [0.05, 0.1) is 18.7 Å². The van der Waals surface area contributed by atoms with E-state index in [0.29, 0.717) is 12.1 Å². The van der Waals surface area contributed by atoms with Crippen LogP contribution in [0.1, 0.15) is 23.6 Å². The standard InChI is InChI=1S/C27H26F2N4O2/c1-17(30-25(34)15-18-12-13-21(28)22(29)14-18)27(35)32-24-16-33(2)23-11-7-6-10-20(23)26(31-24)19-8-4-3-5-9-19/h3-14,17,24H,15-16H2,1-2H3,(H,30,34)(H,32,35)/t17?,24-/m1/s1. The summed E-state index contributed by atoms with van der Waals surface area (Å²) in [6.07, 6.45) is -0.729. The maximum atomic E-state index is 13.4. The molecule has 4 rings (SSSR count). The summed E-state index contributed by atoms with van der Waals surface area (Å²) in [5.74, 6) is -2.87. The van der Waals surface area contributed by atoms with Gasteiger partial charge < -0.3 is 15.5 Å². The Balaban J connectivity index is 1.48. The van der Waals surface area contributed by atoms with Crippen molar-refractivity contribution in [1.29, 1.82) is 0 Å². The van der Waals surface area contributed by atoms with Crippen molar-refractivity contribution < 1.29 is 18.4 Å². The Hall–Kier alpha value is -4.07. The summed E-state index contributed by atoms with van der Waals surface area (Å²) in [7, 11) is 1.94. The van der Waals surface area contributed by atoms with Crippen molar-refractivity contribution in [2.45, 2.75) is 25.6 Å². The van der Waals surface area contributed by atoms with Gasteiger partial charge in [-0.05, 0) is 30.7 Å². The summed E-state index contributed by atoms with van der Waals surface area (Å²) in [4.78, 5) is 32.2. The van der Waals surface area contributed by atoms with E-state index in [0.717, 1.165) is 34.7 Å². The van der Waals surface area contributed by atoms with Crippen LogP contribution in [0.25, 0.3) is 0 Å². The number of rotatable bonds is 6. The first kappa shape index (κ1) is 24.1. The van der Waals surface area contributed by atoms with Crippen molar-refractivity contribution in [3.8, 4) is 0 Å². The normalized spacial score (nSPS) is 15.9. The fourth-order valence-electron chi connectivity index (χ4n) is 4.02. The summed E-state index contributed by atoms with van der Waals surface area (Å²) in [6, 6.07) is 20.1. The zero-order chi connectivity index (χ0) is 24.9. The van der Waals surface area contributed by atoms with Crippen LogP contribution >= 0.6 is 0 Å². The number of fused-ring (bicyclic) bond motifs is 1. The van der Waals surface area contributed by atoms with Gasteiger partial charge in [0, 0.05) is 23.9 Å². The summed E-state index contributed by atoms with van der Waals surface area (Å²) in [6.45, 7) is 2.00. The van der Waals surface area contributed by atoms with Crippen molar-refractivity contribution >= 4 is 23.2 Å². The molecule has 0 fully saturated rings. The average Bonchev–Trinajstić information content (AvgIpc) is 2.98. The van der Waals surface area contributed by atoms with Crippen molar-refractivity contribution in [1.82, 2.24) is 10.6 Å². The van der Waals surface area contributed by atoms with Crippen LogP contribution in [0.15, 0.2) is 77.8 Å². The van der Waals surface area contributed by atoms with Crippen LogP contribution in [0.2, 0.25) is 0 Å². The van der Waals surface area contributed by atoms with Crippen molar-refractivity contribution in [3.63, 3.8) is 0 Å². The number of benzodiazepines with no additional fused rings is 1. The Morgan fingerprint density at radius 1 is 1.03 bits per heavy atom. The van der Waals surface area contributed by atoms with E-state index in [4.69, 9.17) is 4.99 Å². The number of hydrogen-bond acceptors (Lipinski definition) is 4. The third kappa shape index (κ3) is 5.71. The maximum Gasteiger partial charge on any atom is 0.243 e. The number of hydrogen-bond donors (Lipinski definition) is 2. The molecular formula is C27H26F2N4O2. The number of aliphatic imine (C=N–C) groups is 1. The zero-order valence-corrected chi connectivity index (χ0v) is 19.5. The zero-order valence-electron chi connectivity index (χ0n) is 19.5. The highest BCUT2D eigenvalue weighted by atomic mass is 19.2. The minimum atomic E-state index is -1.02. The number of anilines is 1. The third-order valence-corrected chi connectivity index (χ3v) is 5.78. The number of nitrogens with one attached hydrogen (secondary N) is 2. The van der Waals surface area contributed by atoms with Gasteiger partial charge in [-0.3, -0.25) is 14.6 Å². The lowest BCUT2D eigenvalue weighted by Crippen LogP contribution is -2.50. The summed E-state index contributed by atoms with van der Waals surface area (Å²) in [5.41, 5.74) is 3.98. The van der Waals surface area contributed by atoms with Gasteiger partial charge in [-0.15, -0.1) is 0 Å². The van der Waals surface area contributed by atoms with Crippen LogP contribution in [0, 0.1) is 11.6 Å². The minimum absolute atomic E-state index is 0.174. The van der Waals surface area contributed by atoms with Crippen LogP contribution in [-0.4, -0.2) is 43.3 Å². The fourth-order valence-corrected chi connectivity index (χ4v) is 4.02. The van der Waals surface area contributed by atoms with E-state index in [1.165, 1.54) is 6.07 Å². The average molecular weight is 477 g/mol. The summed E-state index contributed by atoms with van der Waals surface area (Å²) >= 11 is 0. The van der Waals surface area contributed by atoms with Crippen molar-refractivity contribution in [2.75, 3.05) is 18.5 Å². The van der Waals surface area contributed by atoms with E-state index in [1.54, 1.807) is 6.92 Å². The Morgan fingerprint density at radius 2 is 1.74 bits per heavy atom. The minimum Gasteiger partial charge on any atom is -0.370 e. The molecule has 180 valence electrons. The summed E-state index contributed by atoms with van der Waals surface area (Å²) < 4.78 is 26.5. The lowest BCUT2D eigenvalue weighted by Gasteiger charge is -2.24. The quantitative estimate of drug-likeness (QED) is 0.573. The molecule has 0 radical (unpaired) electrons. The number of benzene rings is 3. The second-order valence-corrected chi connectivity index (χ2v) is 8.48. The van der Waals surface area contributed by atoms with Crippen LogP contribution in [0.5, 0.6) is 0 Å². The van der Waals surface area contributed by atoms with Crippen molar-refractivity contribution in [2.24, 2.45) is 4.99 Å². The molecular weight excluding hydrogens is 450 g/mol. The van der Waals surface area contributed by atoms with E-state index in [9.17, 15) is 18.4 Å². The van der Waals surface area contributed by atoms with Crippen LogP contribution in [0.3, 0.4) is 0 Å². The number of amides is 2. The second-order valence-electron chi connectivity index (χ2n) is 8.48. The molecule has 3 aromatic rings. The summed E-state index contributed by atoms with van der Waals surface area (Å²) in [5, 5.41) is 5.53. The highest BCUT2D eigenvalue weighted by molar-refractivity contribution is 6.16. The molecule has 2 amide bonds. The van der Waals surface area contributed by atoms with E-state index in [-0.39, 0.29) is 6.42 Å². The largest absolute Gasteiger partial charge is 0.370 e. The van der Waals surface area contributed by atoms with Gasteiger partial charge in [0.2, 0.25) is 11.8 Å². The van der Waals surface area contributed by atoms with Crippen LogP contribution < -0.4 is 15.5 Å². The number of likely N-dealkylation sites (N-methyl/N-ethyl adjacent to an activating group) is 1. The molecule has 1 heterocycles. The molecule has 0 aliphatic carbocycles. The van der Waals surface area contributed by atoms with E-state index in [2.05, 4.69) is 10.6 Å². The highest BCUT2D eigenvalue weighted by Gasteiger charge is 2.25. The Kier molecular flexibility index (Phi) is 7.19. The molecule has 1 aliphatic rings. The molecule has 35 heavy (non-hydrogen) atoms. The van der Waals surface area contributed by atoms with Gasteiger partial charge in [-0.25, -0.2) is 8.78 Å². The first-order valence-electron chi connectivity index (χ1n) is 11.3. The van der Waals surface area contributed by atoms with Gasteiger partial charge >= 0.3 is 0 Å². The molecule has 0 saturated carbocycles. The van der Waals surface area contributed by atoms with E-state index >= 15 is 0 Å². The Labute approximate surface area is 202 Å². The van der Waals surface area contributed by atoms with Gasteiger partial charge in [-0.2, -0.15) is 0 Å². The molecule has 6 nitrogen and oxygen atoms in total. The van der Waals surface area contributed by atoms with Crippen LogP contribution in [0.4, 0.5) is 14.5 Å². The maximum absolute atomic E-state index is 13.4. The molecule has 3 aromatic carbocycles. The van der Waals surface area contributed by atoms with E-state index < -0.39 is 35.7 Å². The smallest absolute Gasteiger partial charge is 0.243 e. The number of nitrogens with zero attached hydrogens (tertiary/aromatic N) is 2. The van der Waals surface area contributed by atoms with Gasteiger partial charge in [0.15, 0.2) is 11.6 Å². The van der Waals surface area contributed by atoms with Gasteiger partial charge in [0.1, 0.15) is 12.2 Å². The SMILES string of the molecule is CC(NC(=O)Cc1ccc(F)c(F)c1)C(=O)N[C@@H]1CN(C)c2ccccc2C(c2ccccc2)=N1. The number of halogens is 2. The van der Waals surface area contributed by atoms with E-state index in [1.807, 2.05) is 66.5 Å². The fraction of sp³-hybridized carbons (Fsp3) is 0.222. The molecule has 0 spiro atoms. The molecule has 0 aromatic heterocycles. The van der Waals surface area contributed by atoms with Crippen LogP contribution in [-0.2, 0) is 16.0 Å².